The highest BCUT2D eigenvalue weighted by Crippen LogP contribution is 2.28. The summed E-state index contributed by atoms with van der Waals surface area (Å²) >= 11 is 0. The first-order valence-corrected chi connectivity index (χ1v) is 7.40. The summed E-state index contributed by atoms with van der Waals surface area (Å²) in [5.74, 6) is -0.150. The molecule has 1 heterocycles. The smallest absolute Gasteiger partial charge is 0.296 e. The summed E-state index contributed by atoms with van der Waals surface area (Å²) in [7, 11) is 1.38. The summed E-state index contributed by atoms with van der Waals surface area (Å²) in [6, 6.07) is 7.15. The standard InChI is InChI=1S/C16H17N3O6/c1-3-25-14-5-4-8-18(16(14)21)10-15(20)17-12-7-6-11(24-2)9-13(12)19(22)23/h4-9H,3,10H2,1-2H3,(H,17,20). The molecule has 0 saturated carbocycles. The van der Waals surface area contributed by atoms with E-state index >= 15 is 0 Å². The molecule has 0 radical (unpaired) electrons. The van der Waals surface area contributed by atoms with Gasteiger partial charge in [0.15, 0.2) is 5.75 Å². The van der Waals surface area contributed by atoms with Crippen LogP contribution in [0, 0.1) is 10.1 Å². The minimum atomic E-state index is -0.625. The molecule has 0 bridgehead atoms. The normalized spacial score (nSPS) is 10.2. The monoisotopic (exact) mass is 347 g/mol. The van der Waals surface area contributed by atoms with Crippen LogP contribution in [0.1, 0.15) is 6.92 Å². The number of nitro benzene ring substituents is 1. The summed E-state index contributed by atoms with van der Waals surface area (Å²) in [5, 5.41) is 13.6. The van der Waals surface area contributed by atoms with E-state index in [1.807, 2.05) is 0 Å². The molecule has 1 aromatic carbocycles. The molecule has 0 aliphatic carbocycles. The van der Waals surface area contributed by atoms with Crippen LogP contribution in [-0.2, 0) is 11.3 Å². The lowest BCUT2D eigenvalue weighted by Crippen LogP contribution is -2.28. The molecule has 0 aliphatic rings. The van der Waals surface area contributed by atoms with Crippen LogP contribution in [0.3, 0.4) is 0 Å². The fraction of sp³-hybridized carbons (Fsp3) is 0.250. The first-order valence-electron chi connectivity index (χ1n) is 7.40. The van der Waals surface area contributed by atoms with Crippen LogP contribution in [0.15, 0.2) is 41.3 Å². The third-order valence-electron chi connectivity index (χ3n) is 3.27. The van der Waals surface area contributed by atoms with Crippen molar-refractivity contribution < 1.29 is 19.2 Å². The van der Waals surface area contributed by atoms with Crippen LogP contribution in [0.5, 0.6) is 11.5 Å². The van der Waals surface area contributed by atoms with E-state index < -0.39 is 16.4 Å². The van der Waals surface area contributed by atoms with Crippen LogP contribution in [0.2, 0.25) is 0 Å². The number of pyridine rings is 1. The number of hydrogen-bond donors (Lipinski definition) is 1. The van der Waals surface area contributed by atoms with E-state index in [0.717, 1.165) is 4.57 Å². The molecule has 0 saturated heterocycles. The number of benzene rings is 1. The second-order valence-corrected chi connectivity index (χ2v) is 4.93. The molecular formula is C16H17N3O6. The molecule has 2 rings (SSSR count). The third kappa shape index (κ3) is 4.34. The van der Waals surface area contributed by atoms with Crippen molar-refractivity contribution in [1.82, 2.24) is 4.57 Å². The van der Waals surface area contributed by atoms with Gasteiger partial charge in [-0.25, -0.2) is 0 Å². The minimum absolute atomic E-state index is 0.0183. The first-order chi connectivity index (χ1) is 12.0. The number of hydrogen-bond acceptors (Lipinski definition) is 6. The van der Waals surface area contributed by atoms with Crippen LogP contribution in [0.4, 0.5) is 11.4 Å². The van der Waals surface area contributed by atoms with Gasteiger partial charge < -0.3 is 19.4 Å². The SMILES string of the molecule is CCOc1cccn(CC(=O)Nc2ccc(OC)cc2[N+](=O)[O-])c1=O. The predicted octanol–water partition coefficient (Wildman–Crippen LogP) is 1.80. The van der Waals surface area contributed by atoms with Crippen LogP contribution in [-0.4, -0.2) is 29.1 Å². The van der Waals surface area contributed by atoms with Gasteiger partial charge >= 0.3 is 0 Å². The number of anilines is 1. The summed E-state index contributed by atoms with van der Waals surface area (Å²) in [6.45, 7) is 1.76. The number of methoxy groups -OCH3 is 1. The summed E-state index contributed by atoms with van der Waals surface area (Å²) in [6.07, 6.45) is 1.44. The Morgan fingerprint density at radius 1 is 1.36 bits per heavy atom. The lowest BCUT2D eigenvalue weighted by molar-refractivity contribution is -0.384. The predicted molar refractivity (Wildman–Crippen MR) is 90.1 cm³/mol. The van der Waals surface area contributed by atoms with Crippen molar-refractivity contribution in [3.8, 4) is 11.5 Å². The zero-order valence-electron chi connectivity index (χ0n) is 13.7. The molecule has 0 atom stereocenters. The average molecular weight is 347 g/mol. The second-order valence-electron chi connectivity index (χ2n) is 4.93. The fourth-order valence-corrected chi connectivity index (χ4v) is 2.14. The maximum atomic E-state index is 12.2. The van der Waals surface area contributed by atoms with E-state index in [-0.39, 0.29) is 23.7 Å². The van der Waals surface area contributed by atoms with Crippen LogP contribution in [0.25, 0.3) is 0 Å². The lowest BCUT2D eigenvalue weighted by atomic mass is 10.2. The van der Waals surface area contributed by atoms with Crippen molar-refractivity contribution in [2.45, 2.75) is 13.5 Å². The van der Waals surface area contributed by atoms with Gasteiger partial charge in [-0.1, -0.05) is 0 Å². The zero-order valence-corrected chi connectivity index (χ0v) is 13.7. The molecule has 0 unspecified atom stereocenters. The fourth-order valence-electron chi connectivity index (χ4n) is 2.14. The highest BCUT2D eigenvalue weighted by molar-refractivity contribution is 5.93. The Morgan fingerprint density at radius 2 is 2.12 bits per heavy atom. The Bertz CT molecular complexity index is 846. The summed E-state index contributed by atoms with van der Waals surface area (Å²) < 4.78 is 11.3. The number of aromatic nitrogens is 1. The van der Waals surface area contributed by atoms with Gasteiger partial charge in [0.25, 0.3) is 11.2 Å². The largest absolute Gasteiger partial charge is 0.496 e. The van der Waals surface area contributed by atoms with Gasteiger partial charge in [0.2, 0.25) is 5.91 Å². The molecular weight excluding hydrogens is 330 g/mol. The van der Waals surface area contributed by atoms with E-state index in [2.05, 4.69) is 5.32 Å². The quantitative estimate of drug-likeness (QED) is 0.604. The molecule has 0 spiro atoms. The van der Waals surface area contributed by atoms with Crippen LogP contribution >= 0.6 is 0 Å². The summed E-state index contributed by atoms with van der Waals surface area (Å²) in [5.41, 5.74) is -0.739. The Labute approximate surface area is 142 Å². The number of carbonyl (C=O) groups excluding carboxylic acids is 1. The molecule has 25 heavy (non-hydrogen) atoms. The Hall–Kier alpha value is -3.36. The maximum absolute atomic E-state index is 12.2. The third-order valence-corrected chi connectivity index (χ3v) is 3.27. The number of rotatable bonds is 7. The Balaban J connectivity index is 2.20. The van der Waals surface area contributed by atoms with Gasteiger partial charge in [0, 0.05) is 6.20 Å². The Morgan fingerprint density at radius 3 is 2.76 bits per heavy atom. The number of amides is 1. The topological polar surface area (TPSA) is 113 Å². The zero-order chi connectivity index (χ0) is 18.4. The number of nitro groups is 1. The molecule has 1 amide bonds. The average Bonchev–Trinajstić information content (AvgIpc) is 2.58. The van der Waals surface area contributed by atoms with E-state index in [0.29, 0.717) is 12.4 Å². The summed E-state index contributed by atoms with van der Waals surface area (Å²) in [4.78, 5) is 34.8. The van der Waals surface area contributed by atoms with E-state index in [9.17, 15) is 19.7 Å². The maximum Gasteiger partial charge on any atom is 0.296 e. The highest BCUT2D eigenvalue weighted by atomic mass is 16.6. The van der Waals surface area contributed by atoms with Crippen molar-refractivity contribution in [2.24, 2.45) is 0 Å². The number of nitrogens with one attached hydrogen (secondary N) is 1. The molecule has 1 N–H and O–H groups in total. The highest BCUT2D eigenvalue weighted by Gasteiger charge is 2.18. The first kappa shape index (κ1) is 18.0. The number of ether oxygens (including phenoxy) is 2. The van der Waals surface area contributed by atoms with Gasteiger partial charge in [-0.2, -0.15) is 0 Å². The second kappa shape index (κ2) is 7.95. The van der Waals surface area contributed by atoms with Gasteiger partial charge in [0.1, 0.15) is 18.0 Å². The van der Waals surface area contributed by atoms with Gasteiger partial charge in [-0.05, 0) is 31.2 Å². The minimum Gasteiger partial charge on any atom is -0.496 e. The van der Waals surface area contributed by atoms with E-state index in [4.69, 9.17) is 9.47 Å². The van der Waals surface area contributed by atoms with Gasteiger partial charge in [-0.3, -0.25) is 19.7 Å². The van der Waals surface area contributed by atoms with Crippen molar-refractivity contribution in [2.75, 3.05) is 19.0 Å². The van der Waals surface area contributed by atoms with Gasteiger partial charge in [-0.15, -0.1) is 0 Å². The van der Waals surface area contributed by atoms with Crippen molar-refractivity contribution in [3.63, 3.8) is 0 Å². The van der Waals surface area contributed by atoms with Crippen molar-refractivity contribution in [3.05, 3.63) is 57.0 Å². The van der Waals surface area contributed by atoms with Crippen molar-refractivity contribution in [1.29, 1.82) is 0 Å². The molecule has 0 fully saturated rings. The Kier molecular flexibility index (Phi) is 5.72. The van der Waals surface area contributed by atoms with Gasteiger partial charge in [0.05, 0.1) is 24.7 Å². The lowest BCUT2D eigenvalue weighted by Gasteiger charge is -2.10. The molecule has 132 valence electrons. The van der Waals surface area contributed by atoms with E-state index in [1.165, 1.54) is 37.6 Å². The molecule has 9 nitrogen and oxygen atoms in total. The van der Waals surface area contributed by atoms with Crippen LogP contribution < -0.4 is 20.3 Å². The molecule has 2 aromatic rings. The van der Waals surface area contributed by atoms with Crippen molar-refractivity contribution >= 4 is 17.3 Å². The molecule has 0 aliphatic heterocycles. The number of carbonyl (C=O) groups is 1. The molecule has 9 heteroatoms. The molecule has 1 aromatic heterocycles. The number of nitrogens with zero attached hydrogens (tertiary/aromatic N) is 2. The van der Waals surface area contributed by atoms with E-state index in [1.54, 1.807) is 13.0 Å².